The highest BCUT2D eigenvalue weighted by Crippen LogP contribution is 2.31. The summed E-state index contributed by atoms with van der Waals surface area (Å²) in [4.78, 5) is 5.65. The van der Waals surface area contributed by atoms with Gasteiger partial charge in [0, 0.05) is 28.6 Å². The fraction of sp³-hybridized carbons (Fsp3) is 0.308. The lowest BCUT2D eigenvalue weighted by atomic mass is 10.2. The highest BCUT2D eigenvalue weighted by molar-refractivity contribution is 9.10. The van der Waals surface area contributed by atoms with Crippen LogP contribution in [0.2, 0.25) is 0 Å². The van der Waals surface area contributed by atoms with Crippen molar-refractivity contribution >= 4 is 27.3 Å². The molecule has 1 aromatic carbocycles. The van der Waals surface area contributed by atoms with E-state index in [4.69, 9.17) is 4.74 Å². The number of hydrogen-bond donors (Lipinski definition) is 1. The molecule has 0 spiro atoms. The standard InChI is InChI=1S/C13H14BrFN2OS/c1-16-6-12-11(7-18-2)17-13(19-12)8-3-9(14)5-10(15)4-8/h3-5,16H,6-7H2,1-2H3. The molecule has 1 N–H and O–H groups in total. The molecule has 0 aliphatic heterocycles. The quantitative estimate of drug-likeness (QED) is 0.900. The van der Waals surface area contributed by atoms with Crippen LogP contribution in [0.3, 0.4) is 0 Å². The van der Waals surface area contributed by atoms with E-state index in [1.54, 1.807) is 18.4 Å². The van der Waals surface area contributed by atoms with Crippen molar-refractivity contribution in [2.24, 2.45) is 0 Å². The summed E-state index contributed by atoms with van der Waals surface area (Å²) >= 11 is 4.85. The van der Waals surface area contributed by atoms with Crippen molar-refractivity contribution in [2.45, 2.75) is 13.2 Å². The number of halogens is 2. The molecule has 0 atom stereocenters. The summed E-state index contributed by atoms with van der Waals surface area (Å²) in [5.41, 5.74) is 1.67. The second kappa shape index (κ2) is 6.56. The largest absolute Gasteiger partial charge is 0.378 e. The van der Waals surface area contributed by atoms with Gasteiger partial charge in [0.15, 0.2) is 0 Å². The van der Waals surface area contributed by atoms with Crippen molar-refractivity contribution in [2.75, 3.05) is 14.2 Å². The summed E-state index contributed by atoms with van der Waals surface area (Å²) in [6.07, 6.45) is 0. The number of nitrogens with one attached hydrogen (secondary N) is 1. The van der Waals surface area contributed by atoms with Gasteiger partial charge >= 0.3 is 0 Å². The monoisotopic (exact) mass is 344 g/mol. The lowest BCUT2D eigenvalue weighted by Gasteiger charge is -1.98. The van der Waals surface area contributed by atoms with E-state index in [0.717, 1.165) is 27.7 Å². The summed E-state index contributed by atoms with van der Waals surface area (Å²) < 4.78 is 19.3. The van der Waals surface area contributed by atoms with E-state index in [0.29, 0.717) is 11.1 Å². The average Bonchev–Trinajstić information content (AvgIpc) is 2.72. The molecular formula is C13H14BrFN2OS. The van der Waals surface area contributed by atoms with E-state index in [1.807, 2.05) is 13.1 Å². The Hall–Kier alpha value is -0.820. The van der Waals surface area contributed by atoms with Crippen LogP contribution in [0, 0.1) is 5.82 Å². The Balaban J connectivity index is 2.41. The fourth-order valence-electron chi connectivity index (χ4n) is 1.73. The molecule has 0 unspecified atom stereocenters. The summed E-state index contributed by atoms with van der Waals surface area (Å²) in [6.45, 7) is 1.19. The van der Waals surface area contributed by atoms with E-state index in [-0.39, 0.29) is 5.82 Å². The third-order valence-corrected chi connectivity index (χ3v) is 4.11. The van der Waals surface area contributed by atoms with Gasteiger partial charge in [0.05, 0.1) is 12.3 Å². The Labute approximate surface area is 124 Å². The predicted molar refractivity (Wildman–Crippen MR) is 78.7 cm³/mol. The smallest absolute Gasteiger partial charge is 0.125 e. The van der Waals surface area contributed by atoms with Gasteiger partial charge in [-0.1, -0.05) is 15.9 Å². The van der Waals surface area contributed by atoms with Crippen molar-refractivity contribution in [3.8, 4) is 10.6 Å². The summed E-state index contributed by atoms with van der Waals surface area (Å²) in [7, 11) is 3.52. The highest BCUT2D eigenvalue weighted by atomic mass is 79.9. The minimum absolute atomic E-state index is 0.275. The summed E-state index contributed by atoms with van der Waals surface area (Å²) in [6, 6.07) is 4.78. The number of ether oxygens (including phenoxy) is 1. The molecule has 102 valence electrons. The molecule has 2 rings (SSSR count). The van der Waals surface area contributed by atoms with Crippen molar-refractivity contribution in [3.05, 3.63) is 39.1 Å². The van der Waals surface area contributed by atoms with E-state index >= 15 is 0 Å². The SMILES string of the molecule is CNCc1sc(-c2cc(F)cc(Br)c2)nc1COC. The van der Waals surface area contributed by atoms with Crippen LogP contribution in [-0.4, -0.2) is 19.1 Å². The zero-order chi connectivity index (χ0) is 13.8. The normalized spacial score (nSPS) is 10.9. The van der Waals surface area contributed by atoms with E-state index < -0.39 is 0 Å². The first-order chi connectivity index (χ1) is 9.13. The number of rotatable bonds is 5. The lowest BCUT2D eigenvalue weighted by molar-refractivity contribution is 0.181. The van der Waals surface area contributed by atoms with Crippen LogP contribution in [0.15, 0.2) is 22.7 Å². The minimum atomic E-state index is -0.275. The second-order valence-electron chi connectivity index (χ2n) is 4.01. The number of nitrogens with zero attached hydrogens (tertiary/aromatic N) is 1. The molecule has 0 amide bonds. The van der Waals surface area contributed by atoms with Gasteiger partial charge in [0.1, 0.15) is 10.8 Å². The molecule has 0 radical (unpaired) electrons. The van der Waals surface area contributed by atoms with Crippen molar-refractivity contribution in [1.82, 2.24) is 10.3 Å². The maximum atomic E-state index is 13.4. The average molecular weight is 345 g/mol. The van der Waals surface area contributed by atoms with E-state index in [9.17, 15) is 4.39 Å². The number of methoxy groups -OCH3 is 1. The first kappa shape index (κ1) is 14.6. The Morgan fingerprint density at radius 1 is 1.42 bits per heavy atom. The maximum Gasteiger partial charge on any atom is 0.125 e. The zero-order valence-electron chi connectivity index (χ0n) is 10.7. The third-order valence-electron chi connectivity index (χ3n) is 2.51. The van der Waals surface area contributed by atoms with Gasteiger partial charge in [-0.2, -0.15) is 0 Å². The molecular weight excluding hydrogens is 331 g/mol. The molecule has 6 heteroatoms. The molecule has 1 aromatic heterocycles. The van der Waals surface area contributed by atoms with Crippen LogP contribution in [-0.2, 0) is 17.9 Å². The molecule has 0 aliphatic rings. The second-order valence-corrected chi connectivity index (χ2v) is 6.01. The highest BCUT2D eigenvalue weighted by Gasteiger charge is 2.13. The van der Waals surface area contributed by atoms with Gasteiger partial charge in [-0.05, 0) is 25.2 Å². The van der Waals surface area contributed by atoms with Crippen LogP contribution in [0.5, 0.6) is 0 Å². The molecule has 0 saturated heterocycles. The number of hydrogen-bond acceptors (Lipinski definition) is 4. The predicted octanol–water partition coefficient (Wildman–Crippen LogP) is 3.58. The van der Waals surface area contributed by atoms with Gasteiger partial charge in [0.25, 0.3) is 0 Å². The fourth-order valence-corrected chi connectivity index (χ4v) is 3.26. The molecule has 0 saturated carbocycles. The number of aromatic nitrogens is 1. The van der Waals surface area contributed by atoms with E-state index in [1.165, 1.54) is 12.1 Å². The van der Waals surface area contributed by atoms with Gasteiger partial charge in [-0.3, -0.25) is 0 Å². The van der Waals surface area contributed by atoms with Gasteiger partial charge in [-0.15, -0.1) is 11.3 Å². The zero-order valence-corrected chi connectivity index (χ0v) is 13.1. The molecule has 2 aromatic rings. The van der Waals surface area contributed by atoms with Gasteiger partial charge in [-0.25, -0.2) is 9.37 Å². The number of thiazole rings is 1. The Morgan fingerprint density at radius 2 is 2.21 bits per heavy atom. The Kier molecular flexibility index (Phi) is 5.04. The van der Waals surface area contributed by atoms with E-state index in [2.05, 4.69) is 26.2 Å². The topological polar surface area (TPSA) is 34.2 Å². The lowest BCUT2D eigenvalue weighted by Crippen LogP contribution is -2.06. The summed E-state index contributed by atoms with van der Waals surface area (Å²) in [5, 5.41) is 3.91. The van der Waals surface area contributed by atoms with Crippen LogP contribution in [0.1, 0.15) is 10.6 Å². The van der Waals surface area contributed by atoms with Gasteiger partial charge < -0.3 is 10.1 Å². The Morgan fingerprint density at radius 3 is 2.84 bits per heavy atom. The molecule has 0 fully saturated rings. The van der Waals surface area contributed by atoms with Crippen LogP contribution in [0.4, 0.5) is 4.39 Å². The molecule has 1 heterocycles. The summed E-state index contributed by atoms with van der Waals surface area (Å²) in [5.74, 6) is -0.275. The van der Waals surface area contributed by atoms with Crippen molar-refractivity contribution in [3.63, 3.8) is 0 Å². The minimum Gasteiger partial charge on any atom is -0.378 e. The van der Waals surface area contributed by atoms with Crippen LogP contribution >= 0.6 is 27.3 Å². The van der Waals surface area contributed by atoms with Crippen molar-refractivity contribution < 1.29 is 9.13 Å². The first-order valence-corrected chi connectivity index (χ1v) is 7.33. The molecule has 0 aliphatic carbocycles. The molecule has 19 heavy (non-hydrogen) atoms. The first-order valence-electron chi connectivity index (χ1n) is 5.72. The molecule has 0 bridgehead atoms. The molecule has 3 nitrogen and oxygen atoms in total. The van der Waals surface area contributed by atoms with Crippen molar-refractivity contribution in [1.29, 1.82) is 0 Å². The third kappa shape index (κ3) is 3.60. The van der Waals surface area contributed by atoms with Crippen LogP contribution in [0.25, 0.3) is 10.6 Å². The Bertz CT molecular complexity index is 530. The van der Waals surface area contributed by atoms with Crippen LogP contribution < -0.4 is 5.32 Å². The number of benzene rings is 1. The van der Waals surface area contributed by atoms with Gasteiger partial charge in [0.2, 0.25) is 0 Å². The maximum absolute atomic E-state index is 13.4.